The Balaban J connectivity index is 2.88. The van der Waals surface area contributed by atoms with Crippen LogP contribution in [0.1, 0.15) is 13.8 Å². The van der Waals surface area contributed by atoms with Gasteiger partial charge in [-0.05, 0) is 19.9 Å². The second kappa shape index (κ2) is 2.23. The molecule has 1 rings (SSSR count). The van der Waals surface area contributed by atoms with Gasteiger partial charge in [-0.2, -0.15) is 0 Å². The normalized spacial score (nSPS) is 30.5. The SMILES string of the molecule is CC1=CC(C)(C(=N)N)NN1C. The lowest BCUT2D eigenvalue weighted by atomic mass is 10.0. The first-order valence-corrected chi connectivity index (χ1v) is 3.51. The maximum Gasteiger partial charge on any atom is 0.117 e. The van der Waals surface area contributed by atoms with Gasteiger partial charge in [-0.15, -0.1) is 0 Å². The maximum absolute atomic E-state index is 7.31. The van der Waals surface area contributed by atoms with Crippen LogP contribution in [-0.2, 0) is 0 Å². The van der Waals surface area contributed by atoms with Gasteiger partial charge in [0.25, 0.3) is 0 Å². The Hall–Kier alpha value is -1.03. The van der Waals surface area contributed by atoms with Crippen molar-refractivity contribution in [3.8, 4) is 0 Å². The average Bonchev–Trinajstić information content (AvgIpc) is 2.09. The minimum Gasteiger partial charge on any atom is -0.386 e. The third-order valence-corrected chi connectivity index (χ3v) is 1.99. The molecule has 0 saturated carbocycles. The van der Waals surface area contributed by atoms with Crippen molar-refractivity contribution in [3.05, 3.63) is 11.8 Å². The highest BCUT2D eigenvalue weighted by molar-refractivity contribution is 5.89. The number of nitrogens with one attached hydrogen (secondary N) is 2. The number of rotatable bonds is 1. The molecular weight excluding hydrogens is 140 g/mol. The van der Waals surface area contributed by atoms with Crippen LogP contribution in [0.4, 0.5) is 0 Å². The van der Waals surface area contributed by atoms with Crippen LogP contribution in [0.25, 0.3) is 0 Å². The third-order valence-electron chi connectivity index (χ3n) is 1.99. The highest BCUT2D eigenvalue weighted by Crippen LogP contribution is 2.18. The molecule has 0 fully saturated rings. The van der Waals surface area contributed by atoms with E-state index in [9.17, 15) is 0 Å². The zero-order valence-electron chi connectivity index (χ0n) is 7.10. The van der Waals surface area contributed by atoms with Crippen molar-refractivity contribution < 1.29 is 0 Å². The van der Waals surface area contributed by atoms with Crippen LogP contribution in [0.5, 0.6) is 0 Å². The summed E-state index contributed by atoms with van der Waals surface area (Å²) in [4.78, 5) is 0. The van der Waals surface area contributed by atoms with Crippen molar-refractivity contribution in [3.63, 3.8) is 0 Å². The molecule has 0 aromatic heterocycles. The molecule has 1 heterocycles. The van der Waals surface area contributed by atoms with Crippen molar-refractivity contribution >= 4 is 5.84 Å². The predicted molar refractivity (Wildman–Crippen MR) is 45.0 cm³/mol. The van der Waals surface area contributed by atoms with Crippen molar-refractivity contribution in [1.82, 2.24) is 10.4 Å². The Kier molecular flexibility index (Phi) is 1.64. The summed E-state index contributed by atoms with van der Waals surface area (Å²) < 4.78 is 0. The minimum absolute atomic E-state index is 0.140. The number of allylic oxidation sites excluding steroid dienone is 1. The average molecular weight is 154 g/mol. The Morgan fingerprint density at radius 2 is 2.36 bits per heavy atom. The summed E-state index contributed by atoms with van der Waals surface area (Å²) in [6.45, 7) is 3.85. The smallest absolute Gasteiger partial charge is 0.117 e. The molecule has 0 bridgehead atoms. The van der Waals surface area contributed by atoms with Crippen LogP contribution in [0.15, 0.2) is 11.8 Å². The van der Waals surface area contributed by atoms with E-state index in [4.69, 9.17) is 11.1 Å². The van der Waals surface area contributed by atoms with E-state index in [1.165, 1.54) is 0 Å². The van der Waals surface area contributed by atoms with Gasteiger partial charge in [-0.25, -0.2) is 5.43 Å². The molecule has 0 radical (unpaired) electrons. The molecule has 0 spiro atoms. The molecule has 4 N–H and O–H groups in total. The number of hydrogen-bond acceptors (Lipinski definition) is 3. The number of amidine groups is 1. The molecular formula is C7H14N4. The monoisotopic (exact) mass is 154 g/mol. The Morgan fingerprint density at radius 3 is 2.55 bits per heavy atom. The van der Waals surface area contributed by atoms with Crippen molar-refractivity contribution in [2.24, 2.45) is 5.73 Å². The predicted octanol–water partition coefficient (Wildman–Crippen LogP) is 0.0349. The quantitative estimate of drug-likeness (QED) is 0.369. The highest BCUT2D eigenvalue weighted by atomic mass is 15.5. The van der Waals surface area contributed by atoms with Crippen molar-refractivity contribution in [1.29, 1.82) is 5.41 Å². The summed E-state index contributed by atoms with van der Waals surface area (Å²) >= 11 is 0. The largest absolute Gasteiger partial charge is 0.386 e. The van der Waals surface area contributed by atoms with Gasteiger partial charge < -0.3 is 10.7 Å². The van der Waals surface area contributed by atoms with E-state index in [0.717, 1.165) is 5.70 Å². The molecule has 0 amide bonds. The first-order chi connectivity index (χ1) is 4.96. The molecule has 4 heteroatoms. The summed E-state index contributed by atoms with van der Waals surface area (Å²) in [6.07, 6.45) is 1.94. The molecule has 1 atom stereocenters. The summed E-state index contributed by atoms with van der Waals surface area (Å²) in [5, 5.41) is 9.17. The van der Waals surface area contributed by atoms with Gasteiger partial charge >= 0.3 is 0 Å². The van der Waals surface area contributed by atoms with Gasteiger partial charge in [-0.1, -0.05) is 0 Å². The van der Waals surface area contributed by atoms with E-state index in [1.54, 1.807) is 0 Å². The lowest BCUT2D eigenvalue weighted by Gasteiger charge is -2.24. The molecule has 0 aromatic rings. The van der Waals surface area contributed by atoms with Crippen molar-refractivity contribution in [2.45, 2.75) is 19.4 Å². The van der Waals surface area contributed by atoms with E-state index >= 15 is 0 Å². The summed E-state index contributed by atoms with van der Waals surface area (Å²) in [5.74, 6) is 0.140. The summed E-state index contributed by atoms with van der Waals surface area (Å²) in [7, 11) is 1.90. The van der Waals surface area contributed by atoms with Crippen LogP contribution in [0.2, 0.25) is 0 Å². The molecule has 1 aliphatic rings. The Morgan fingerprint density at radius 1 is 1.82 bits per heavy atom. The first kappa shape index (κ1) is 8.07. The molecule has 0 aromatic carbocycles. The van der Waals surface area contributed by atoms with E-state index in [1.807, 2.05) is 32.0 Å². The van der Waals surface area contributed by atoms with Gasteiger partial charge in [0.15, 0.2) is 0 Å². The fourth-order valence-electron chi connectivity index (χ4n) is 1.12. The molecule has 1 aliphatic heterocycles. The zero-order chi connectivity index (χ0) is 8.65. The molecule has 4 nitrogen and oxygen atoms in total. The standard InChI is InChI=1S/C7H14N4/c1-5-4-7(2,6(8)9)10-11(5)3/h4,10H,1-3H3,(H3,8,9). The molecule has 0 saturated heterocycles. The highest BCUT2D eigenvalue weighted by Gasteiger charge is 2.32. The van der Waals surface area contributed by atoms with Crippen molar-refractivity contribution in [2.75, 3.05) is 7.05 Å². The zero-order valence-corrected chi connectivity index (χ0v) is 7.10. The van der Waals surface area contributed by atoms with Gasteiger partial charge in [-0.3, -0.25) is 5.41 Å². The van der Waals surface area contributed by atoms with Gasteiger partial charge in [0.1, 0.15) is 11.4 Å². The lowest BCUT2D eigenvalue weighted by molar-refractivity contribution is 0.291. The molecule has 62 valence electrons. The van der Waals surface area contributed by atoms with E-state index < -0.39 is 5.54 Å². The number of hydrogen-bond donors (Lipinski definition) is 3. The Labute approximate surface area is 66.5 Å². The summed E-state index contributed by atoms with van der Waals surface area (Å²) in [6, 6.07) is 0. The Bertz CT molecular complexity index is 220. The van der Waals surface area contributed by atoms with Crippen LogP contribution in [0.3, 0.4) is 0 Å². The lowest BCUT2D eigenvalue weighted by Crippen LogP contribution is -2.52. The topological polar surface area (TPSA) is 65.1 Å². The van der Waals surface area contributed by atoms with Crippen LogP contribution < -0.4 is 11.2 Å². The van der Waals surface area contributed by atoms with Gasteiger partial charge in [0, 0.05) is 12.7 Å². The van der Waals surface area contributed by atoms with Crippen LogP contribution >= 0.6 is 0 Å². The first-order valence-electron chi connectivity index (χ1n) is 3.51. The van der Waals surface area contributed by atoms with E-state index in [0.29, 0.717) is 0 Å². The maximum atomic E-state index is 7.31. The summed E-state index contributed by atoms with van der Waals surface area (Å²) in [5.41, 5.74) is 9.08. The fraction of sp³-hybridized carbons (Fsp3) is 0.571. The van der Waals surface area contributed by atoms with Gasteiger partial charge in [0.05, 0.1) is 0 Å². The number of hydrazine groups is 1. The number of nitrogens with two attached hydrogens (primary N) is 1. The second-order valence-electron chi connectivity index (χ2n) is 3.07. The molecule has 0 aliphatic carbocycles. The second-order valence-corrected chi connectivity index (χ2v) is 3.07. The molecule has 1 unspecified atom stereocenters. The van der Waals surface area contributed by atoms with E-state index in [2.05, 4.69) is 5.43 Å². The third kappa shape index (κ3) is 1.21. The van der Waals surface area contributed by atoms with Gasteiger partial charge in [0.2, 0.25) is 0 Å². The fourth-order valence-corrected chi connectivity index (χ4v) is 1.12. The molecule has 11 heavy (non-hydrogen) atoms. The van der Waals surface area contributed by atoms with E-state index in [-0.39, 0.29) is 5.84 Å². The van der Waals surface area contributed by atoms with Crippen LogP contribution in [0, 0.1) is 5.41 Å². The minimum atomic E-state index is -0.487. The number of nitrogens with zero attached hydrogens (tertiary/aromatic N) is 1. The van der Waals surface area contributed by atoms with Crippen LogP contribution in [-0.4, -0.2) is 23.4 Å².